The van der Waals surface area contributed by atoms with E-state index < -0.39 is 5.97 Å². The topological polar surface area (TPSA) is 105 Å². The first kappa shape index (κ1) is 14.1. The molecule has 0 aromatic carbocycles. The number of rotatable bonds is 7. The van der Waals surface area contributed by atoms with Crippen LogP contribution in [0.2, 0.25) is 0 Å². The lowest BCUT2D eigenvalue weighted by molar-refractivity contribution is -0.137. The third kappa shape index (κ3) is 5.42. The molecule has 0 radical (unpaired) electrons. The number of nitrogens with zero attached hydrogens (tertiary/aromatic N) is 2. The zero-order chi connectivity index (χ0) is 13.5. The minimum Gasteiger partial charge on any atom is -0.481 e. The zero-order valence-corrected chi connectivity index (χ0v) is 10.5. The molecule has 0 aliphatic rings. The molecule has 1 aromatic rings. The Kier molecular flexibility index (Phi) is 5.29. The van der Waals surface area contributed by atoms with Gasteiger partial charge in [-0.3, -0.25) is 9.59 Å². The van der Waals surface area contributed by atoms with Gasteiger partial charge in [-0.1, -0.05) is 5.16 Å². The van der Waals surface area contributed by atoms with E-state index >= 15 is 0 Å². The van der Waals surface area contributed by atoms with Crippen LogP contribution in [0.4, 0.5) is 0 Å². The predicted molar refractivity (Wildman–Crippen MR) is 61.8 cm³/mol. The van der Waals surface area contributed by atoms with E-state index in [4.69, 9.17) is 9.63 Å². The first-order valence-electron chi connectivity index (χ1n) is 5.77. The maximum atomic E-state index is 11.5. The van der Waals surface area contributed by atoms with E-state index in [-0.39, 0.29) is 18.4 Å². The second-order valence-corrected chi connectivity index (χ2v) is 4.16. The highest BCUT2D eigenvalue weighted by atomic mass is 16.5. The Bertz CT molecular complexity index is 416. The van der Waals surface area contributed by atoms with Crippen LogP contribution in [0.5, 0.6) is 0 Å². The van der Waals surface area contributed by atoms with Crippen LogP contribution in [0, 0.1) is 6.92 Å². The quantitative estimate of drug-likeness (QED) is 0.742. The summed E-state index contributed by atoms with van der Waals surface area (Å²) in [5, 5.41) is 14.8. The van der Waals surface area contributed by atoms with Gasteiger partial charge in [0.25, 0.3) is 0 Å². The Morgan fingerprint density at radius 3 is 2.78 bits per heavy atom. The van der Waals surface area contributed by atoms with Crippen LogP contribution >= 0.6 is 0 Å². The van der Waals surface area contributed by atoms with Crippen LogP contribution in [0.15, 0.2) is 4.52 Å². The molecule has 1 rings (SSSR count). The Balaban J connectivity index is 2.19. The molecule has 0 spiro atoms. The molecule has 18 heavy (non-hydrogen) atoms. The van der Waals surface area contributed by atoms with Gasteiger partial charge in [0.2, 0.25) is 11.8 Å². The van der Waals surface area contributed by atoms with Crippen molar-refractivity contribution in [1.82, 2.24) is 15.5 Å². The van der Waals surface area contributed by atoms with E-state index in [1.54, 1.807) is 13.8 Å². The minimum absolute atomic E-state index is 0.0748. The van der Waals surface area contributed by atoms with Gasteiger partial charge in [0.1, 0.15) is 0 Å². The summed E-state index contributed by atoms with van der Waals surface area (Å²) in [5.41, 5.74) is 0. The Morgan fingerprint density at radius 2 is 2.22 bits per heavy atom. The molecule has 0 saturated carbocycles. The molecule has 7 nitrogen and oxygen atoms in total. The molecule has 0 fully saturated rings. The van der Waals surface area contributed by atoms with Gasteiger partial charge in [0.05, 0.1) is 6.42 Å². The molecule has 2 N–H and O–H groups in total. The number of carboxylic acid groups (broad SMARTS) is 1. The average Bonchev–Trinajstić information content (AvgIpc) is 2.62. The number of aromatic nitrogens is 2. The summed E-state index contributed by atoms with van der Waals surface area (Å²) in [4.78, 5) is 25.9. The summed E-state index contributed by atoms with van der Waals surface area (Å²) < 4.78 is 4.91. The van der Waals surface area contributed by atoms with Crippen LogP contribution < -0.4 is 5.32 Å². The number of nitrogens with one attached hydrogen (secondary N) is 1. The molecule has 0 bridgehead atoms. The molecular weight excluding hydrogens is 238 g/mol. The molecule has 0 aliphatic carbocycles. The van der Waals surface area contributed by atoms with Crippen molar-refractivity contribution >= 4 is 11.9 Å². The second kappa shape index (κ2) is 6.73. The smallest absolute Gasteiger partial charge is 0.305 e. The van der Waals surface area contributed by atoms with Crippen LogP contribution in [0.25, 0.3) is 0 Å². The summed E-state index contributed by atoms with van der Waals surface area (Å²) in [6.45, 7) is 3.39. The molecule has 1 unspecified atom stereocenters. The van der Waals surface area contributed by atoms with Gasteiger partial charge in [-0.25, -0.2) is 0 Å². The first-order chi connectivity index (χ1) is 8.47. The fourth-order valence-electron chi connectivity index (χ4n) is 1.50. The number of hydrogen-bond acceptors (Lipinski definition) is 5. The lowest BCUT2D eigenvalue weighted by Crippen LogP contribution is -2.34. The highest BCUT2D eigenvalue weighted by molar-refractivity contribution is 5.77. The number of hydrogen-bond donors (Lipinski definition) is 2. The van der Waals surface area contributed by atoms with E-state index in [1.807, 2.05) is 0 Å². The first-order valence-corrected chi connectivity index (χ1v) is 5.77. The van der Waals surface area contributed by atoms with E-state index in [1.165, 1.54) is 0 Å². The predicted octanol–water partition coefficient (Wildman–Crippen LogP) is 0.680. The third-order valence-corrected chi connectivity index (χ3v) is 2.25. The van der Waals surface area contributed by atoms with Crippen molar-refractivity contribution in [2.24, 2.45) is 0 Å². The van der Waals surface area contributed by atoms with Crippen molar-refractivity contribution in [1.29, 1.82) is 0 Å². The summed E-state index contributed by atoms with van der Waals surface area (Å²) in [7, 11) is 0. The summed E-state index contributed by atoms with van der Waals surface area (Å²) in [6.07, 6.45) is 1.37. The number of carboxylic acids is 1. The highest BCUT2D eigenvalue weighted by Gasteiger charge is 2.11. The number of aryl methyl sites for hydroxylation is 2. The fraction of sp³-hybridized carbons (Fsp3) is 0.636. The monoisotopic (exact) mass is 255 g/mol. The molecule has 1 amide bonds. The van der Waals surface area contributed by atoms with E-state index in [0.717, 1.165) is 0 Å². The SMILES string of the molecule is Cc1noc(CCCC(=O)NC(C)CC(=O)O)n1. The molecule has 100 valence electrons. The maximum absolute atomic E-state index is 11.5. The largest absolute Gasteiger partial charge is 0.481 e. The van der Waals surface area contributed by atoms with Crippen molar-refractivity contribution in [3.05, 3.63) is 11.7 Å². The Labute approximate surface area is 105 Å². The summed E-state index contributed by atoms with van der Waals surface area (Å²) >= 11 is 0. The number of aliphatic carboxylic acids is 1. The Morgan fingerprint density at radius 1 is 1.50 bits per heavy atom. The van der Waals surface area contributed by atoms with Gasteiger partial charge < -0.3 is 14.9 Å². The number of amides is 1. The third-order valence-electron chi connectivity index (χ3n) is 2.25. The number of carbonyl (C=O) groups is 2. The molecule has 0 saturated heterocycles. The Hall–Kier alpha value is -1.92. The molecular formula is C11H17N3O4. The van der Waals surface area contributed by atoms with Crippen molar-refractivity contribution in [3.63, 3.8) is 0 Å². The van der Waals surface area contributed by atoms with Gasteiger partial charge in [-0.2, -0.15) is 4.98 Å². The second-order valence-electron chi connectivity index (χ2n) is 4.16. The maximum Gasteiger partial charge on any atom is 0.305 e. The van der Waals surface area contributed by atoms with Gasteiger partial charge in [0, 0.05) is 18.9 Å². The molecule has 1 heterocycles. The lowest BCUT2D eigenvalue weighted by atomic mass is 10.2. The van der Waals surface area contributed by atoms with Crippen molar-refractivity contribution in [2.75, 3.05) is 0 Å². The molecule has 1 atom stereocenters. The van der Waals surface area contributed by atoms with E-state index in [9.17, 15) is 9.59 Å². The molecule has 7 heteroatoms. The normalized spacial score (nSPS) is 12.1. The van der Waals surface area contributed by atoms with Crippen molar-refractivity contribution in [2.45, 2.75) is 45.6 Å². The van der Waals surface area contributed by atoms with Gasteiger partial charge in [0.15, 0.2) is 5.82 Å². The van der Waals surface area contributed by atoms with Gasteiger partial charge in [-0.15, -0.1) is 0 Å². The average molecular weight is 255 g/mol. The summed E-state index contributed by atoms with van der Waals surface area (Å²) in [6, 6.07) is -0.361. The number of carbonyl (C=O) groups excluding carboxylic acids is 1. The van der Waals surface area contributed by atoms with Crippen molar-refractivity contribution in [3.8, 4) is 0 Å². The highest BCUT2D eigenvalue weighted by Crippen LogP contribution is 2.03. The van der Waals surface area contributed by atoms with E-state index in [2.05, 4.69) is 15.5 Å². The molecule has 1 aromatic heterocycles. The van der Waals surface area contributed by atoms with Crippen LogP contribution in [0.3, 0.4) is 0 Å². The summed E-state index contributed by atoms with van der Waals surface area (Å²) in [5.74, 6) is -0.00691. The zero-order valence-electron chi connectivity index (χ0n) is 10.5. The van der Waals surface area contributed by atoms with Crippen LogP contribution in [0.1, 0.15) is 37.9 Å². The van der Waals surface area contributed by atoms with Crippen LogP contribution in [-0.4, -0.2) is 33.2 Å². The van der Waals surface area contributed by atoms with Gasteiger partial charge in [-0.05, 0) is 20.3 Å². The van der Waals surface area contributed by atoms with Gasteiger partial charge >= 0.3 is 5.97 Å². The minimum atomic E-state index is -0.927. The lowest BCUT2D eigenvalue weighted by Gasteiger charge is -2.10. The standard InChI is InChI=1S/C11H17N3O4/c1-7(6-11(16)17)12-9(15)4-3-5-10-13-8(2)14-18-10/h7H,3-6H2,1-2H3,(H,12,15)(H,16,17). The van der Waals surface area contributed by atoms with Crippen LogP contribution in [-0.2, 0) is 16.0 Å². The fourth-order valence-corrected chi connectivity index (χ4v) is 1.50. The molecule has 0 aliphatic heterocycles. The van der Waals surface area contributed by atoms with Crippen molar-refractivity contribution < 1.29 is 19.2 Å². The van der Waals surface area contributed by atoms with E-state index in [0.29, 0.717) is 31.0 Å².